The van der Waals surface area contributed by atoms with E-state index in [0.717, 1.165) is 19.5 Å². The second-order valence-electron chi connectivity index (χ2n) is 5.05. The van der Waals surface area contributed by atoms with Crippen molar-refractivity contribution in [2.45, 2.75) is 31.9 Å². The Morgan fingerprint density at radius 3 is 2.80 bits per heavy atom. The van der Waals surface area contributed by atoms with Gasteiger partial charge in [-0.1, -0.05) is 6.92 Å². The van der Waals surface area contributed by atoms with Crippen LogP contribution in [-0.4, -0.2) is 79.4 Å². The summed E-state index contributed by atoms with van der Waals surface area (Å²) < 4.78 is 4.77. The zero-order chi connectivity index (χ0) is 15.1. The highest BCUT2D eigenvalue weighted by Gasteiger charge is 2.26. The molecule has 7 heteroatoms. The molecule has 0 aromatic heterocycles. The first-order valence-electron chi connectivity index (χ1n) is 6.98. The molecule has 1 heterocycles. The number of likely N-dealkylation sites (N-methyl/N-ethyl adjacent to an activating group) is 2. The molecule has 116 valence electrons. The zero-order valence-corrected chi connectivity index (χ0v) is 12.5. The number of carbonyl (C=O) groups is 2. The Bertz CT molecular complexity index is 338. The fraction of sp³-hybridized carbons (Fsp3) is 0.846. The van der Waals surface area contributed by atoms with Gasteiger partial charge in [0.1, 0.15) is 0 Å². The van der Waals surface area contributed by atoms with E-state index < -0.39 is 12.1 Å². The Kier molecular flexibility index (Phi) is 6.74. The van der Waals surface area contributed by atoms with Crippen molar-refractivity contribution in [1.29, 1.82) is 0 Å². The number of nitrogens with one attached hydrogen (secondary N) is 1. The first-order valence-corrected chi connectivity index (χ1v) is 6.98. The highest BCUT2D eigenvalue weighted by Crippen LogP contribution is 2.17. The van der Waals surface area contributed by atoms with Crippen molar-refractivity contribution >= 4 is 12.0 Å². The van der Waals surface area contributed by atoms with Crippen molar-refractivity contribution in [1.82, 2.24) is 15.1 Å². The van der Waals surface area contributed by atoms with Gasteiger partial charge in [-0.3, -0.25) is 4.90 Å². The van der Waals surface area contributed by atoms with Crippen LogP contribution in [0, 0.1) is 0 Å². The molecule has 0 spiro atoms. The van der Waals surface area contributed by atoms with Crippen LogP contribution in [0.15, 0.2) is 0 Å². The minimum atomic E-state index is -1.08. The number of aliphatic carboxylic acids is 1. The van der Waals surface area contributed by atoms with E-state index >= 15 is 0 Å². The number of urea groups is 1. The molecular weight excluding hydrogens is 262 g/mol. The van der Waals surface area contributed by atoms with Crippen molar-refractivity contribution in [3.8, 4) is 0 Å². The van der Waals surface area contributed by atoms with E-state index in [1.807, 2.05) is 0 Å². The molecule has 0 aliphatic carbocycles. The normalized spacial score (nSPS) is 20.6. The average Bonchev–Trinajstić information content (AvgIpc) is 2.85. The summed E-state index contributed by atoms with van der Waals surface area (Å²) in [5, 5.41) is 11.4. The Morgan fingerprint density at radius 2 is 2.25 bits per heavy atom. The lowest BCUT2D eigenvalue weighted by atomic mass is 10.2. The van der Waals surface area contributed by atoms with Crippen LogP contribution >= 0.6 is 0 Å². The van der Waals surface area contributed by atoms with Gasteiger partial charge in [-0.25, -0.2) is 9.59 Å². The van der Waals surface area contributed by atoms with Crippen LogP contribution in [0.3, 0.4) is 0 Å². The highest BCUT2D eigenvalue weighted by atomic mass is 16.5. The van der Waals surface area contributed by atoms with Gasteiger partial charge in [0.2, 0.25) is 0 Å². The molecule has 0 aromatic carbocycles. The van der Waals surface area contributed by atoms with Gasteiger partial charge in [0.25, 0.3) is 0 Å². The maximum absolute atomic E-state index is 11.9. The summed E-state index contributed by atoms with van der Waals surface area (Å²) in [6, 6.07) is 0.129. The first-order chi connectivity index (χ1) is 9.49. The number of amides is 2. The van der Waals surface area contributed by atoms with E-state index in [-0.39, 0.29) is 12.6 Å². The Balaban J connectivity index is 2.37. The smallest absolute Gasteiger partial charge is 0.334 e. The summed E-state index contributed by atoms with van der Waals surface area (Å²) in [5.74, 6) is -1.08. The van der Waals surface area contributed by atoms with Gasteiger partial charge >= 0.3 is 12.0 Å². The summed E-state index contributed by atoms with van der Waals surface area (Å²) in [4.78, 5) is 26.7. The number of hydrogen-bond acceptors (Lipinski definition) is 4. The number of likely N-dealkylation sites (tertiary alicyclic amines) is 1. The molecular formula is C13H25N3O4. The number of carbonyl (C=O) groups excluding carboxylic acids is 1. The summed E-state index contributed by atoms with van der Waals surface area (Å²) in [7, 11) is 3.04. The van der Waals surface area contributed by atoms with Gasteiger partial charge in [0.15, 0.2) is 6.10 Å². The van der Waals surface area contributed by atoms with Crippen LogP contribution in [-0.2, 0) is 9.53 Å². The predicted molar refractivity (Wildman–Crippen MR) is 74.7 cm³/mol. The lowest BCUT2D eigenvalue weighted by molar-refractivity contribution is -0.148. The molecule has 1 rings (SSSR count). The summed E-state index contributed by atoms with van der Waals surface area (Å²) in [6.07, 6.45) is 1.26. The lowest BCUT2D eigenvalue weighted by Gasteiger charge is -2.28. The molecule has 2 N–H and O–H groups in total. The van der Waals surface area contributed by atoms with E-state index in [4.69, 9.17) is 9.84 Å². The standard InChI is InChI=1S/C13H25N3O4/c1-4-16-7-5-6-10(16)9-15(2)13(19)14-8-11(20-3)12(17)18/h10-11H,4-9H2,1-3H3,(H,14,19)(H,17,18). The van der Waals surface area contributed by atoms with E-state index in [9.17, 15) is 9.59 Å². The number of rotatable bonds is 7. The number of methoxy groups -OCH3 is 1. The topological polar surface area (TPSA) is 82.1 Å². The van der Waals surface area contributed by atoms with E-state index in [1.54, 1.807) is 11.9 Å². The third kappa shape index (κ3) is 4.64. The van der Waals surface area contributed by atoms with Gasteiger partial charge in [0, 0.05) is 26.7 Å². The SMILES string of the molecule is CCN1CCCC1CN(C)C(=O)NCC(OC)C(=O)O. The van der Waals surface area contributed by atoms with E-state index in [2.05, 4.69) is 17.1 Å². The molecule has 0 saturated carbocycles. The highest BCUT2D eigenvalue weighted by molar-refractivity contribution is 5.76. The summed E-state index contributed by atoms with van der Waals surface area (Å²) in [6.45, 7) is 4.82. The van der Waals surface area contributed by atoms with Gasteiger partial charge in [-0.05, 0) is 25.9 Å². The number of hydrogen-bond donors (Lipinski definition) is 2. The summed E-state index contributed by atoms with van der Waals surface area (Å²) >= 11 is 0. The van der Waals surface area contributed by atoms with Crippen LogP contribution in [0.25, 0.3) is 0 Å². The molecule has 2 amide bonds. The van der Waals surface area contributed by atoms with Crippen LogP contribution in [0.1, 0.15) is 19.8 Å². The van der Waals surface area contributed by atoms with Gasteiger partial charge in [0.05, 0.1) is 6.54 Å². The molecule has 0 aromatic rings. The molecule has 1 fully saturated rings. The predicted octanol–water partition coefficient (Wildman–Crippen LogP) is 0.212. The minimum Gasteiger partial charge on any atom is -0.479 e. The second kappa shape index (κ2) is 8.06. The maximum Gasteiger partial charge on any atom is 0.334 e. The number of carboxylic acids is 1. The van der Waals surface area contributed by atoms with Crippen molar-refractivity contribution in [3.63, 3.8) is 0 Å². The van der Waals surface area contributed by atoms with Gasteiger partial charge < -0.3 is 20.1 Å². The molecule has 1 saturated heterocycles. The van der Waals surface area contributed by atoms with E-state index in [0.29, 0.717) is 12.6 Å². The third-order valence-electron chi connectivity index (χ3n) is 3.74. The van der Waals surface area contributed by atoms with E-state index in [1.165, 1.54) is 13.5 Å². The summed E-state index contributed by atoms with van der Waals surface area (Å²) in [5.41, 5.74) is 0. The maximum atomic E-state index is 11.9. The minimum absolute atomic E-state index is 0.0306. The Labute approximate surface area is 119 Å². The van der Waals surface area contributed by atoms with Crippen LogP contribution in [0.4, 0.5) is 4.79 Å². The monoisotopic (exact) mass is 287 g/mol. The van der Waals surface area contributed by atoms with Crippen LogP contribution in [0.2, 0.25) is 0 Å². The fourth-order valence-electron chi connectivity index (χ4n) is 2.50. The lowest BCUT2D eigenvalue weighted by Crippen LogP contribution is -2.47. The van der Waals surface area contributed by atoms with Crippen molar-refractivity contribution in [2.24, 2.45) is 0 Å². The van der Waals surface area contributed by atoms with Crippen molar-refractivity contribution < 1.29 is 19.4 Å². The molecule has 20 heavy (non-hydrogen) atoms. The van der Waals surface area contributed by atoms with Crippen LogP contribution < -0.4 is 5.32 Å². The number of ether oxygens (including phenoxy) is 1. The van der Waals surface area contributed by atoms with Gasteiger partial charge in [-0.15, -0.1) is 0 Å². The number of nitrogens with zero attached hydrogens (tertiary/aromatic N) is 2. The molecule has 7 nitrogen and oxygen atoms in total. The Morgan fingerprint density at radius 1 is 1.55 bits per heavy atom. The molecule has 1 aliphatic heterocycles. The fourth-order valence-corrected chi connectivity index (χ4v) is 2.50. The molecule has 2 unspecified atom stereocenters. The third-order valence-corrected chi connectivity index (χ3v) is 3.74. The average molecular weight is 287 g/mol. The van der Waals surface area contributed by atoms with Gasteiger partial charge in [-0.2, -0.15) is 0 Å². The zero-order valence-electron chi connectivity index (χ0n) is 12.5. The molecule has 0 bridgehead atoms. The van der Waals surface area contributed by atoms with Crippen molar-refractivity contribution in [2.75, 3.05) is 40.3 Å². The molecule has 1 aliphatic rings. The molecule has 0 radical (unpaired) electrons. The van der Waals surface area contributed by atoms with Crippen LogP contribution in [0.5, 0.6) is 0 Å². The molecule has 2 atom stereocenters. The number of carboxylic acid groups (broad SMARTS) is 1. The second-order valence-corrected chi connectivity index (χ2v) is 5.05. The van der Waals surface area contributed by atoms with Crippen molar-refractivity contribution in [3.05, 3.63) is 0 Å². The largest absolute Gasteiger partial charge is 0.479 e. The quantitative estimate of drug-likeness (QED) is 0.699. The first kappa shape index (κ1) is 16.7. The Hall–Kier alpha value is -1.34.